The first-order chi connectivity index (χ1) is 8.43. The molecular formula is C17H22NaS. The molecule has 0 saturated heterocycles. The van der Waals surface area contributed by atoms with Crippen LogP contribution in [0, 0.1) is 34.6 Å². The van der Waals surface area contributed by atoms with Gasteiger partial charge in [-0.25, -0.2) is 0 Å². The zero-order valence-electron chi connectivity index (χ0n) is 12.9. The Kier molecular flexibility index (Phi) is 8.76. The molecule has 0 bridgehead atoms. The van der Waals surface area contributed by atoms with Crippen LogP contribution < -0.4 is 0 Å². The van der Waals surface area contributed by atoms with Crippen molar-refractivity contribution in [1.82, 2.24) is 0 Å². The molecule has 0 heterocycles. The third-order valence-electron chi connectivity index (χ3n) is 3.50. The Morgan fingerprint density at radius 2 is 1.11 bits per heavy atom. The van der Waals surface area contributed by atoms with Gasteiger partial charge in [0.1, 0.15) is 0 Å². The third-order valence-corrected chi connectivity index (χ3v) is 3.80. The maximum Gasteiger partial charge on any atom is 0.00399 e. The average molecular weight is 281 g/mol. The van der Waals surface area contributed by atoms with Gasteiger partial charge in [0.2, 0.25) is 0 Å². The van der Waals surface area contributed by atoms with E-state index in [4.69, 9.17) is 0 Å². The monoisotopic (exact) mass is 281 g/mol. The minimum absolute atomic E-state index is 0. The van der Waals surface area contributed by atoms with E-state index in [1.54, 1.807) is 0 Å². The minimum Gasteiger partial charge on any atom is -0.143 e. The van der Waals surface area contributed by atoms with Crippen LogP contribution in [-0.2, 0) is 0 Å². The fourth-order valence-corrected chi connectivity index (χ4v) is 2.01. The molecule has 2 heteroatoms. The Morgan fingerprint density at radius 3 is 1.42 bits per heavy atom. The molecule has 19 heavy (non-hydrogen) atoms. The van der Waals surface area contributed by atoms with Crippen molar-refractivity contribution in [2.75, 3.05) is 0 Å². The second kappa shape index (κ2) is 8.86. The second-order valence-electron chi connectivity index (χ2n) is 4.72. The Bertz CT molecular complexity index is 492. The molecule has 0 aliphatic heterocycles. The predicted octanol–water partition coefficient (Wildman–Crippen LogP) is 4.82. The van der Waals surface area contributed by atoms with Crippen LogP contribution in [0.15, 0.2) is 41.3 Å². The summed E-state index contributed by atoms with van der Waals surface area (Å²) in [5, 5.41) is 0. The topological polar surface area (TPSA) is 0 Å². The van der Waals surface area contributed by atoms with Crippen molar-refractivity contribution in [2.24, 2.45) is 0 Å². The Morgan fingerprint density at radius 1 is 0.684 bits per heavy atom. The van der Waals surface area contributed by atoms with Gasteiger partial charge in [-0.3, -0.25) is 0 Å². The molecule has 2 aromatic carbocycles. The summed E-state index contributed by atoms with van der Waals surface area (Å²) in [5.74, 6) is 0. The van der Waals surface area contributed by atoms with Crippen molar-refractivity contribution < 1.29 is 0 Å². The van der Waals surface area contributed by atoms with Gasteiger partial charge in [0.05, 0.1) is 0 Å². The first-order valence-corrected chi connectivity index (χ1v) is 6.66. The summed E-state index contributed by atoms with van der Waals surface area (Å²) in [6.45, 7) is 10.9. The van der Waals surface area contributed by atoms with Gasteiger partial charge in [-0.05, 0) is 74.6 Å². The molecule has 97 valence electrons. The first-order valence-electron chi connectivity index (χ1n) is 6.21. The van der Waals surface area contributed by atoms with Crippen LogP contribution in [-0.4, -0.2) is 29.6 Å². The molecule has 0 aromatic heterocycles. The molecule has 0 nitrogen and oxygen atoms in total. The molecule has 0 N–H and O–H groups in total. The van der Waals surface area contributed by atoms with Crippen molar-refractivity contribution in [2.45, 2.75) is 39.5 Å². The molecule has 0 unspecified atom stereocenters. The van der Waals surface area contributed by atoms with E-state index in [9.17, 15) is 0 Å². The van der Waals surface area contributed by atoms with Gasteiger partial charge in [0.25, 0.3) is 0 Å². The second-order valence-corrected chi connectivity index (χ2v) is 5.24. The Hall–Kier alpha value is -0.210. The fraction of sp³-hybridized carbons (Fsp3) is 0.294. The summed E-state index contributed by atoms with van der Waals surface area (Å²) in [7, 11) is 0. The summed E-state index contributed by atoms with van der Waals surface area (Å²) in [4.78, 5) is 1.02. The molecule has 0 saturated carbocycles. The van der Waals surface area contributed by atoms with Crippen LogP contribution in [0.2, 0.25) is 0 Å². The first kappa shape index (κ1) is 18.8. The average Bonchev–Trinajstić information content (AvgIpc) is 2.36. The molecule has 0 atom stereocenters. The summed E-state index contributed by atoms with van der Waals surface area (Å²) >= 11 is 4.08. The summed E-state index contributed by atoms with van der Waals surface area (Å²) in [5.41, 5.74) is 7.14. The van der Waals surface area contributed by atoms with Gasteiger partial charge in [-0.2, -0.15) is 0 Å². The number of aryl methyl sites for hydroxylation is 2. The van der Waals surface area contributed by atoms with E-state index in [1.165, 1.54) is 27.8 Å². The molecule has 1 radical (unpaired) electrons. The maximum atomic E-state index is 4.08. The van der Waals surface area contributed by atoms with Gasteiger partial charge >= 0.3 is 0 Å². The zero-order valence-corrected chi connectivity index (χ0v) is 15.8. The summed E-state index contributed by atoms with van der Waals surface area (Å²) in [6.07, 6.45) is 0. The molecule has 2 aromatic rings. The molecule has 0 aliphatic rings. The van der Waals surface area contributed by atoms with Crippen LogP contribution >= 0.6 is 12.6 Å². The molecule has 0 aliphatic carbocycles. The number of thiol groups is 1. The van der Waals surface area contributed by atoms with Gasteiger partial charge in [-0.15, -0.1) is 12.6 Å². The van der Waals surface area contributed by atoms with E-state index in [-0.39, 0.29) is 29.6 Å². The SMILES string of the molecule is Cc1cc(C)c(C)c(C)c1C.Sc1ccccc1.[Na]. The van der Waals surface area contributed by atoms with Crippen LogP contribution in [0.5, 0.6) is 0 Å². The van der Waals surface area contributed by atoms with E-state index < -0.39 is 0 Å². The standard InChI is InChI=1S/C11H16.C6H6S.Na/c1-7-6-8(2)10(4)11(5)9(7)3;7-6-4-2-1-3-5-6;/h6H,1-5H3;1-5,7H;. The largest absolute Gasteiger partial charge is 0.143 e. The van der Waals surface area contributed by atoms with E-state index >= 15 is 0 Å². The number of benzene rings is 2. The van der Waals surface area contributed by atoms with Crippen LogP contribution in [0.1, 0.15) is 27.8 Å². The molecule has 0 amide bonds. The maximum absolute atomic E-state index is 4.08. The fourth-order valence-electron chi connectivity index (χ4n) is 1.84. The van der Waals surface area contributed by atoms with Crippen molar-refractivity contribution in [1.29, 1.82) is 0 Å². The number of hydrogen-bond donors (Lipinski definition) is 1. The van der Waals surface area contributed by atoms with E-state index in [2.05, 4.69) is 53.3 Å². The van der Waals surface area contributed by atoms with Gasteiger partial charge < -0.3 is 0 Å². The van der Waals surface area contributed by atoms with Crippen LogP contribution in [0.3, 0.4) is 0 Å². The molecule has 0 fully saturated rings. The normalized spacial score (nSPS) is 9.16. The van der Waals surface area contributed by atoms with Crippen LogP contribution in [0.4, 0.5) is 0 Å². The van der Waals surface area contributed by atoms with Crippen LogP contribution in [0.25, 0.3) is 0 Å². The summed E-state index contributed by atoms with van der Waals surface area (Å²) in [6, 6.07) is 12.0. The van der Waals surface area contributed by atoms with Crippen molar-refractivity contribution in [3.8, 4) is 0 Å². The van der Waals surface area contributed by atoms with E-state index in [1.807, 2.05) is 30.3 Å². The number of hydrogen-bond acceptors (Lipinski definition) is 1. The van der Waals surface area contributed by atoms with Crippen molar-refractivity contribution in [3.05, 3.63) is 64.2 Å². The summed E-state index contributed by atoms with van der Waals surface area (Å²) < 4.78 is 0. The zero-order chi connectivity index (χ0) is 13.7. The predicted molar refractivity (Wildman–Crippen MR) is 89.6 cm³/mol. The van der Waals surface area contributed by atoms with E-state index in [0.29, 0.717) is 0 Å². The van der Waals surface area contributed by atoms with E-state index in [0.717, 1.165) is 4.90 Å². The van der Waals surface area contributed by atoms with Crippen molar-refractivity contribution in [3.63, 3.8) is 0 Å². The Labute approximate surface area is 145 Å². The Balaban J connectivity index is 0.000000352. The third kappa shape index (κ3) is 5.74. The smallest absolute Gasteiger partial charge is 0.00399 e. The van der Waals surface area contributed by atoms with Gasteiger partial charge in [-0.1, -0.05) is 24.3 Å². The molecular weight excluding hydrogens is 259 g/mol. The number of rotatable bonds is 0. The minimum atomic E-state index is 0. The van der Waals surface area contributed by atoms with Crippen molar-refractivity contribution >= 4 is 42.2 Å². The molecule has 0 spiro atoms. The quantitative estimate of drug-likeness (QED) is 0.519. The van der Waals surface area contributed by atoms with Gasteiger partial charge in [0.15, 0.2) is 0 Å². The molecule has 2 rings (SSSR count). The van der Waals surface area contributed by atoms with Gasteiger partial charge in [0, 0.05) is 34.5 Å².